The van der Waals surface area contributed by atoms with Crippen molar-refractivity contribution in [1.29, 1.82) is 0 Å². The Morgan fingerprint density at radius 1 is 1.15 bits per heavy atom. The molecule has 1 heterocycles. The zero-order valence-electron chi connectivity index (χ0n) is 15.6. The van der Waals surface area contributed by atoms with E-state index in [9.17, 15) is 14.4 Å². The van der Waals surface area contributed by atoms with Gasteiger partial charge in [0.15, 0.2) is 6.61 Å². The zero-order valence-corrected chi connectivity index (χ0v) is 15.6. The summed E-state index contributed by atoms with van der Waals surface area (Å²) in [7, 11) is 1.32. The summed E-state index contributed by atoms with van der Waals surface area (Å²) in [6, 6.07) is 7.25. The molecule has 0 radical (unpaired) electrons. The number of ether oxygens (including phenoxy) is 3. The third kappa shape index (κ3) is 7.76. The number of carbonyl (C=O) groups is 3. The first-order valence-corrected chi connectivity index (χ1v) is 9.09. The Labute approximate surface area is 158 Å². The fraction of sp³-hybridized carbons (Fsp3) is 0.526. The molecule has 1 aliphatic rings. The molecule has 2 N–H and O–H groups in total. The number of methoxy groups -OCH3 is 1. The van der Waals surface area contributed by atoms with E-state index in [1.54, 1.807) is 12.1 Å². The molecule has 0 saturated carbocycles. The molecule has 8 nitrogen and oxygen atoms in total. The number of carbonyl (C=O) groups excluding carboxylic acids is 3. The minimum absolute atomic E-state index is 0.231. The molecule has 0 bridgehead atoms. The van der Waals surface area contributed by atoms with Crippen LogP contribution in [0.5, 0.6) is 0 Å². The van der Waals surface area contributed by atoms with E-state index >= 15 is 0 Å². The average Bonchev–Trinajstić information content (AvgIpc) is 2.70. The van der Waals surface area contributed by atoms with Gasteiger partial charge in [-0.15, -0.1) is 0 Å². The third-order valence-corrected chi connectivity index (χ3v) is 4.29. The standard InChI is InChI=1S/C19H26N2O6/c1-25-18(23)3-2-8-20-17(22)14-27-19(24)16-6-4-15(5-7-16)13-21-9-11-26-12-10-21/h4-7H,2-3,8-14H2,1H3,(H,20,22)/p+1. The Kier molecular flexibility index (Phi) is 8.73. The smallest absolute Gasteiger partial charge is 0.338 e. The van der Waals surface area contributed by atoms with E-state index in [4.69, 9.17) is 9.47 Å². The lowest BCUT2D eigenvalue weighted by atomic mass is 10.1. The van der Waals surface area contributed by atoms with Crippen LogP contribution in [-0.4, -0.2) is 64.4 Å². The Morgan fingerprint density at radius 3 is 2.52 bits per heavy atom. The van der Waals surface area contributed by atoms with E-state index in [1.165, 1.54) is 12.0 Å². The molecule has 1 aromatic rings. The van der Waals surface area contributed by atoms with E-state index in [0.717, 1.165) is 38.4 Å². The molecule has 1 amide bonds. The zero-order chi connectivity index (χ0) is 19.5. The largest absolute Gasteiger partial charge is 0.469 e. The Balaban J connectivity index is 1.67. The summed E-state index contributed by atoms with van der Waals surface area (Å²) in [4.78, 5) is 36.1. The third-order valence-electron chi connectivity index (χ3n) is 4.29. The van der Waals surface area contributed by atoms with Crippen LogP contribution >= 0.6 is 0 Å². The van der Waals surface area contributed by atoms with Crippen molar-refractivity contribution in [2.45, 2.75) is 19.4 Å². The van der Waals surface area contributed by atoms with Gasteiger partial charge in [-0.25, -0.2) is 4.79 Å². The van der Waals surface area contributed by atoms with Crippen molar-refractivity contribution >= 4 is 17.8 Å². The number of rotatable bonds is 9. The molecule has 0 spiro atoms. The molecule has 0 atom stereocenters. The number of morpholine rings is 1. The second-order valence-electron chi connectivity index (χ2n) is 6.34. The van der Waals surface area contributed by atoms with Crippen molar-refractivity contribution in [3.05, 3.63) is 35.4 Å². The van der Waals surface area contributed by atoms with Gasteiger partial charge in [0, 0.05) is 18.5 Å². The summed E-state index contributed by atoms with van der Waals surface area (Å²) in [5.74, 6) is -1.26. The first-order valence-electron chi connectivity index (χ1n) is 9.09. The number of hydrogen-bond acceptors (Lipinski definition) is 6. The van der Waals surface area contributed by atoms with Gasteiger partial charge in [-0.2, -0.15) is 0 Å². The maximum absolute atomic E-state index is 12.0. The first-order chi connectivity index (χ1) is 13.1. The predicted molar refractivity (Wildman–Crippen MR) is 96.2 cm³/mol. The second-order valence-corrected chi connectivity index (χ2v) is 6.34. The maximum Gasteiger partial charge on any atom is 0.338 e. The molecule has 1 aromatic carbocycles. The molecule has 1 saturated heterocycles. The van der Waals surface area contributed by atoms with Crippen molar-refractivity contribution < 1.29 is 33.5 Å². The summed E-state index contributed by atoms with van der Waals surface area (Å²) >= 11 is 0. The summed E-state index contributed by atoms with van der Waals surface area (Å²) in [6.07, 6.45) is 0.702. The normalized spacial score (nSPS) is 14.4. The topological polar surface area (TPSA) is 95.4 Å². The molecule has 0 aromatic heterocycles. The van der Waals surface area contributed by atoms with Crippen molar-refractivity contribution in [1.82, 2.24) is 5.32 Å². The van der Waals surface area contributed by atoms with E-state index in [2.05, 4.69) is 10.1 Å². The lowest BCUT2D eigenvalue weighted by Crippen LogP contribution is -3.12. The molecule has 0 aliphatic carbocycles. The lowest BCUT2D eigenvalue weighted by molar-refractivity contribution is -0.921. The van der Waals surface area contributed by atoms with Gasteiger partial charge in [-0.1, -0.05) is 12.1 Å². The minimum atomic E-state index is -0.537. The highest BCUT2D eigenvalue weighted by molar-refractivity contribution is 5.91. The molecule has 1 aliphatic heterocycles. The van der Waals surface area contributed by atoms with Crippen molar-refractivity contribution in [2.75, 3.05) is 46.6 Å². The maximum atomic E-state index is 12.0. The van der Waals surface area contributed by atoms with Crippen LogP contribution in [0.25, 0.3) is 0 Å². The monoisotopic (exact) mass is 379 g/mol. The van der Waals surface area contributed by atoms with Gasteiger partial charge >= 0.3 is 11.9 Å². The van der Waals surface area contributed by atoms with Crippen LogP contribution in [0.4, 0.5) is 0 Å². The Hall–Kier alpha value is -2.45. The number of hydrogen-bond donors (Lipinski definition) is 2. The van der Waals surface area contributed by atoms with E-state index < -0.39 is 11.9 Å². The van der Waals surface area contributed by atoms with Crippen LogP contribution in [0.15, 0.2) is 24.3 Å². The van der Waals surface area contributed by atoms with Gasteiger partial charge in [0.1, 0.15) is 19.6 Å². The van der Waals surface area contributed by atoms with Crippen molar-refractivity contribution in [2.24, 2.45) is 0 Å². The molecular weight excluding hydrogens is 352 g/mol. The van der Waals surface area contributed by atoms with Crippen LogP contribution < -0.4 is 10.2 Å². The number of amides is 1. The summed E-state index contributed by atoms with van der Waals surface area (Å²) in [6.45, 7) is 4.40. The molecule has 8 heteroatoms. The van der Waals surface area contributed by atoms with Gasteiger partial charge in [-0.3, -0.25) is 9.59 Å². The number of benzene rings is 1. The lowest BCUT2D eigenvalue weighted by Gasteiger charge is -2.23. The van der Waals surface area contributed by atoms with E-state index in [-0.39, 0.29) is 19.0 Å². The Morgan fingerprint density at radius 2 is 1.85 bits per heavy atom. The number of esters is 2. The highest BCUT2D eigenvalue weighted by atomic mass is 16.5. The van der Waals surface area contributed by atoms with E-state index in [0.29, 0.717) is 18.5 Å². The van der Waals surface area contributed by atoms with E-state index in [1.807, 2.05) is 12.1 Å². The second kappa shape index (κ2) is 11.3. The SMILES string of the molecule is COC(=O)CCCNC(=O)COC(=O)c1ccc(C[NH+]2CCOCC2)cc1. The highest BCUT2D eigenvalue weighted by Gasteiger charge is 2.15. The van der Waals surface area contributed by atoms with Gasteiger partial charge < -0.3 is 24.4 Å². The van der Waals surface area contributed by atoms with Crippen LogP contribution in [0, 0.1) is 0 Å². The van der Waals surface area contributed by atoms with Crippen LogP contribution in [0.3, 0.4) is 0 Å². The van der Waals surface area contributed by atoms with Crippen molar-refractivity contribution in [3.63, 3.8) is 0 Å². The van der Waals surface area contributed by atoms with Gasteiger partial charge in [-0.05, 0) is 18.6 Å². The predicted octanol–water partition coefficient (Wildman–Crippen LogP) is -0.672. The molecular formula is C19H27N2O6+. The fourth-order valence-electron chi connectivity index (χ4n) is 2.71. The number of quaternary nitrogens is 1. The molecule has 27 heavy (non-hydrogen) atoms. The summed E-state index contributed by atoms with van der Waals surface area (Å²) < 4.78 is 14.9. The fourth-order valence-corrected chi connectivity index (χ4v) is 2.71. The quantitative estimate of drug-likeness (QED) is 0.436. The highest BCUT2D eigenvalue weighted by Crippen LogP contribution is 2.05. The van der Waals surface area contributed by atoms with Crippen LogP contribution in [0.2, 0.25) is 0 Å². The number of nitrogens with one attached hydrogen (secondary N) is 2. The molecule has 148 valence electrons. The first kappa shape index (κ1) is 20.9. The van der Waals surface area contributed by atoms with Crippen LogP contribution in [0.1, 0.15) is 28.8 Å². The minimum Gasteiger partial charge on any atom is -0.469 e. The average molecular weight is 379 g/mol. The Bertz CT molecular complexity index is 626. The van der Waals surface area contributed by atoms with Crippen molar-refractivity contribution in [3.8, 4) is 0 Å². The van der Waals surface area contributed by atoms with Crippen LogP contribution in [-0.2, 0) is 30.3 Å². The molecule has 2 rings (SSSR count). The summed E-state index contributed by atoms with van der Waals surface area (Å²) in [5.41, 5.74) is 1.56. The van der Waals surface area contributed by atoms with Gasteiger partial charge in [0.2, 0.25) is 0 Å². The molecule has 1 fully saturated rings. The van der Waals surface area contributed by atoms with Gasteiger partial charge in [0.25, 0.3) is 5.91 Å². The summed E-state index contributed by atoms with van der Waals surface area (Å²) in [5, 5.41) is 2.59. The van der Waals surface area contributed by atoms with Gasteiger partial charge in [0.05, 0.1) is 25.9 Å². The molecule has 0 unspecified atom stereocenters.